The summed E-state index contributed by atoms with van der Waals surface area (Å²) in [6.45, 7) is 7.66. The Morgan fingerprint density at radius 3 is 2.36 bits per heavy atom. The molecule has 1 aromatic rings. The third kappa shape index (κ3) is 2.53. The summed E-state index contributed by atoms with van der Waals surface area (Å²) in [7, 11) is 0. The Labute approximate surface area is 82.9 Å². The van der Waals surface area contributed by atoms with Crippen LogP contribution in [-0.2, 0) is 12.0 Å². The van der Waals surface area contributed by atoms with Gasteiger partial charge in [-0.25, -0.2) is 8.78 Å². The summed E-state index contributed by atoms with van der Waals surface area (Å²) >= 11 is 0. The van der Waals surface area contributed by atoms with E-state index in [4.69, 9.17) is 0 Å². The molecule has 2 nitrogen and oxygen atoms in total. The second-order valence-corrected chi connectivity index (χ2v) is 4.49. The fourth-order valence-electron chi connectivity index (χ4n) is 1.49. The predicted molar refractivity (Wildman–Crippen MR) is 51.7 cm³/mol. The lowest BCUT2D eigenvalue weighted by Gasteiger charge is -2.16. The Balaban J connectivity index is 2.94. The summed E-state index contributed by atoms with van der Waals surface area (Å²) in [5.74, 6) is 0. The summed E-state index contributed by atoms with van der Waals surface area (Å²) in [6, 6.07) is 0. The lowest BCUT2D eigenvalue weighted by atomic mass is 9.88. The van der Waals surface area contributed by atoms with Crippen LogP contribution in [0.25, 0.3) is 0 Å². The van der Waals surface area contributed by atoms with E-state index in [0.717, 1.165) is 11.3 Å². The van der Waals surface area contributed by atoms with Crippen molar-refractivity contribution in [1.29, 1.82) is 0 Å². The van der Waals surface area contributed by atoms with Gasteiger partial charge in [-0.1, -0.05) is 20.8 Å². The van der Waals surface area contributed by atoms with Crippen molar-refractivity contribution in [3.05, 3.63) is 17.5 Å². The van der Waals surface area contributed by atoms with Crippen molar-refractivity contribution in [3.63, 3.8) is 0 Å². The highest BCUT2D eigenvalue weighted by atomic mass is 19.3. The van der Waals surface area contributed by atoms with Crippen LogP contribution in [0.4, 0.5) is 8.78 Å². The van der Waals surface area contributed by atoms with Gasteiger partial charge in [0.2, 0.25) is 0 Å². The maximum atomic E-state index is 12.1. The number of hydrogen-bond acceptors (Lipinski definition) is 1. The van der Waals surface area contributed by atoms with Gasteiger partial charge < -0.3 is 0 Å². The van der Waals surface area contributed by atoms with Gasteiger partial charge in [0.1, 0.15) is 6.54 Å². The molecule has 0 fully saturated rings. The molecular weight excluding hydrogens is 186 g/mol. The fourth-order valence-corrected chi connectivity index (χ4v) is 1.49. The molecule has 80 valence electrons. The van der Waals surface area contributed by atoms with Gasteiger partial charge in [0.05, 0.1) is 5.69 Å². The van der Waals surface area contributed by atoms with Crippen molar-refractivity contribution in [2.75, 3.05) is 0 Å². The summed E-state index contributed by atoms with van der Waals surface area (Å²) < 4.78 is 25.5. The van der Waals surface area contributed by atoms with Gasteiger partial charge in [-0.3, -0.25) is 4.68 Å². The molecule has 0 N–H and O–H groups in total. The highest BCUT2D eigenvalue weighted by molar-refractivity contribution is 5.23. The van der Waals surface area contributed by atoms with E-state index in [9.17, 15) is 8.78 Å². The minimum atomic E-state index is -2.35. The molecule has 4 heteroatoms. The number of nitrogens with zero attached hydrogens (tertiary/aromatic N) is 2. The molecule has 0 aliphatic rings. The summed E-state index contributed by atoms with van der Waals surface area (Å²) in [6.07, 6.45) is -0.635. The molecule has 0 saturated heterocycles. The van der Waals surface area contributed by atoms with Crippen molar-refractivity contribution in [2.24, 2.45) is 0 Å². The third-order valence-electron chi connectivity index (χ3n) is 2.08. The molecular formula is C10H16F2N2. The molecule has 0 bridgehead atoms. The Bertz CT molecular complexity index is 310. The van der Waals surface area contributed by atoms with Crippen molar-refractivity contribution < 1.29 is 8.78 Å². The minimum Gasteiger partial charge on any atom is -0.266 e. The van der Waals surface area contributed by atoms with Crippen LogP contribution in [0.5, 0.6) is 0 Å². The van der Waals surface area contributed by atoms with E-state index in [0.29, 0.717) is 0 Å². The van der Waals surface area contributed by atoms with Crippen LogP contribution in [0, 0.1) is 6.92 Å². The number of alkyl halides is 2. The van der Waals surface area contributed by atoms with E-state index in [1.807, 2.05) is 27.7 Å². The quantitative estimate of drug-likeness (QED) is 0.721. The van der Waals surface area contributed by atoms with Gasteiger partial charge in [-0.2, -0.15) is 5.10 Å². The summed E-state index contributed by atoms with van der Waals surface area (Å²) in [5.41, 5.74) is 1.82. The third-order valence-corrected chi connectivity index (χ3v) is 2.08. The smallest absolute Gasteiger partial charge is 0.257 e. The molecule has 0 aromatic carbocycles. The number of aromatic nitrogens is 2. The zero-order valence-electron chi connectivity index (χ0n) is 9.01. The van der Waals surface area contributed by atoms with E-state index in [2.05, 4.69) is 5.10 Å². The summed E-state index contributed by atoms with van der Waals surface area (Å²) in [5, 5.41) is 4.05. The van der Waals surface area contributed by atoms with Crippen molar-refractivity contribution in [2.45, 2.75) is 46.1 Å². The first-order valence-electron chi connectivity index (χ1n) is 4.63. The second kappa shape index (κ2) is 3.67. The van der Waals surface area contributed by atoms with Gasteiger partial charge in [0, 0.05) is 6.20 Å². The highest BCUT2D eigenvalue weighted by Gasteiger charge is 2.19. The average Bonchev–Trinajstić information content (AvgIpc) is 2.27. The molecule has 1 aromatic heterocycles. The number of rotatable bonds is 2. The molecule has 1 rings (SSSR count). The largest absolute Gasteiger partial charge is 0.266 e. The molecule has 0 radical (unpaired) electrons. The lowest BCUT2D eigenvalue weighted by Crippen LogP contribution is -2.11. The van der Waals surface area contributed by atoms with Crippen LogP contribution in [0.3, 0.4) is 0 Å². The van der Waals surface area contributed by atoms with Gasteiger partial charge in [0.25, 0.3) is 6.43 Å². The van der Waals surface area contributed by atoms with Crippen molar-refractivity contribution >= 4 is 0 Å². The van der Waals surface area contributed by atoms with Gasteiger partial charge >= 0.3 is 0 Å². The Morgan fingerprint density at radius 2 is 2.00 bits per heavy atom. The first kappa shape index (κ1) is 11.1. The molecule has 0 aliphatic carbocycles. The van der Waals surface area contributed by atoms with E-state index >= 15 is 0 Å². The lowest BCUT2D eigenvalue weighted by molar-refractivity contribution is 0.121. The highest BCUT2D eigenvalue weighted by Crippen LogP contribution is 2.24. The second-order valence-electron chi connectivity index (χ2n) is 4.49. The van der Waals surface area contributed by atoms with Crippen LogP contribution in [0.15, 0.2) is 6.20 Å². The van der Waals surface area contributed by atoms with Crippen LogP contribution in [0.2, 0.25) is 0 Å². The molecule has 0 saturated carbocycles. The molecule has 0 aliphatic heterocycles. The predicted octanol–water partition coefficient (Wildman–Crippen LogP) is 2.75. The Morgan fingerprint density at radius 1 is 1.43 bits per heavy atom. The standard InChI is InChI=1S/C10H16F2N2/c1-7-8(10(2,3)4)5-14(13-7)6-9(11)12/h5,9H,6H2,1-4H3. The molecule has 0 atom stereocenters. The number of halogens is 2. The van der Waals surface area contributed by atoms with E-state index < -0.39 is 6.43 Å². The first-order chi connectivity index (χ1) is 6.30. The normalized spacial score (nSPS) is 12.5. The first-order valence-corrected chi connectivity index (χ1v) is 4.63. The van der Waals surface area contributed by atoms with Gasteiger partial charge in [0.15, 0.2) is 0 Å². The SMILES string of the molecule is Cc1nn(CC(F)F)cc1C(C)(C)C. The minimum absolute atomic E-state index is 0.0372. The van der Waals surface area contributed by atoms with Crippen molar-refractivity contribution in [3.8, 4) is 0 Å². The van der Waals surface area contributed by atoms with Crippen LogP contribution in [0.1, 0.15) is 32.0 Å². The van der Waals surface area contributed by atoms with Gasteiger partial charge in [-0.15, -0.1) is 0 Å². The zero-order valence-corrected chi connectivity index (χ0v) is 9.01. The molecule has 14 heavy (non-hydrogen) atoms. The maximum absolute atomic E-state index is 12.1. The molecule has 0 unspecified atom stereocenters. The molecule has 1 heterocycles. The van der Waals surface area contributed by atoms with Crippen LogP contribution < -0.4 is 0 Å². The molecule has 0 spiro atoms. The van der Waals surface area contributed by atoms with E-state index in [-0.39, 0.29) is 12.0 Å². The fraction of sp³-hybridized carbons (Fsp3) is 0.700. The van der Waals surface area contributed by atoms with Crippen LogP contribution >= 0.6 is 0 Å². The van der Waals surface area contributed by atoms with Crippen LogP contribution in [-0.4, -0.2) is 16.2 Å². The monoisotopic (exact) mass is 202 g/mol. The zero-order chi connectivity index (χ0) is 10.9. The van der Waals surface area contributed by atoms with E-state index in [1.165, 1.54) is 4.68 Å². The summed E-state index contributed by atoms with van der Waals surface area (Å²) in [4.78, 5) is 0. The van der Waals surface area contributed by atoms with Gasteiger partial charge in [-0.05, 0) is 17.9 Å². The Kier molecular flexibility index (Phi) is 2.92. The number of aryl methyl sites for hydroxylation is 1. The van der Waals surface area contributed by atoms with Crippen molar-refractivity contribution in [1.82, 2.24) is 9.78 Å². The average molecular weight is 202 g/mol. The number of hydrogen-bond donors (Lipinski definition) is 0. The topological polar surface area (TPSA) is 17.8 Å². The van der Waals surface area contributed by atoms with E-state index in [1.54, 1.807) is 6.20 Å². The maximum Gasteiger partial charge on any atom is 0.257 e. The Hall–Kier alpha value is -0.930. The molecule has 0 amide bonds.